The van der Waals surface area contributed by atoms with Crippen LogP contribution in [-0.4, -0.2) is 6.04 Å². The van der Waals surface area contributed by atoms with E-state index < -0.39 is 0 Å². The lowest BCUT2D eigenvalue weighted by molar-refractivity contribution is 0.366. The fourth-order valence-corrected chi connectivity index (χ4v) is 3.45. The average Bonchev–Trinajstić information content (AvgIpc) is 2.73. The minimum Gasteiger partial charge on any atom is -0.327 e. The van der Waals surface area contributed by atoms with Gasteiger partial charge in [-0.1, -0.05) is 50.7 Å². The molecular weight excluding hydrogens is 244 g/mol. The standard InChI is InChI=1S/C18H26N2/c1-14(20)18(12-15-7-4-2-3-5-8-15)17-10-6-9-16(11-17)13-19/h6,9-11,14-15,18H,2-5,7-8,12,20H2,1H3. The molecule has 1 saturated carbocycles. The van der Waals surface area contributed by atoms with E-state index >= 15 is 0 Å². The molecule has 0 aliphatic heterocycles. The maximum Gasteiger partial charge on any atom is 0.0991 e. The summed E-state index contributed by atoms with van der Waals surface area (Å²) in [6.45, 7) is 2.10. The van der Waals surface area contributed by atoms with Crippen LogP contribution in [0.5, 0.6) is 0 Å². The van der Waals surface area contributed by atoms with E-state index in [-0.39, 0.29) is 6.04 Å². The number of nitrogens with two attached hydrogens (primary N) is 1. The van der Waals surface area contributed by atoms with Gasteiger partial charge >= 0.3 is 0 Å². The van der Waals surface area contributed by atoms with Gasteiger partial charge in [0.25, 0.3) is 0 Å². The Morgan fingerprint density at radius 3 is 2.55 bits per heavy atom. The highest BCUT2D eigenvalue weighted by Crippen LogP contribution is 2.33. The maximum atomic E-state index is 9.06. The van der Waals surface area contributed by atoms with Crippen molar-refractivity contribution in [2.75, 3.05) is 0 Å². The summed E-state index contributed by atoms with van der Waals surface area (Å²) in [5, 5.41) is 9.06. The minimum absolute atomic E-state index is 0.146. The lowest BCUT2D eigenvalue weighted by Gasteiger charge is -2.26. The molecule has 0 spiro atoms. The molecule has 108 valence electrons. The molecule has 0 aromatic heterocycles. The van der Waals surface area contributed by atoms with Crippen LogP contribution in [0.2, 0.25) is 0 Å². The van der Waals surface area contributed by atoms with Gasteiger partial charge in [0.2, 0.25) is 0 Å². The Morgan fingerprint density at radius 1 is 1.25 bits per heavy atom. The molecular formula is C18H26N2. The number of rotatable bonds is 4. The zero-order valence-electron chi connectivity index (χ0n) is 12.5. The van der Waals surface area contributed by atoms with E-state index in [9.17, 15) is 0 Å². The molecule has 1 aromatic rings. The largest absolute Gasteiger partial charge is 0.327 e. The molecule has 1 fully saturated rings. The Morgan fingerprint density at radius 2 is 1.95 bits per heavy atom. The molecule has 2 nitrogen and oxygen atoms in total. The van der Waals surface area contributed by atoms with Crippen molar-refractivity contribution in [3.63, 3.8) is 0 Å². The van der Waals surface area contributed by atoms with Crippen molar-refractivity contribution < 1.29 is 0 Å². The summed E-state index contributed by atoms with van der Waals surface area (Å²) in [5.74, 6) is 1.19. The first-order valence-electron chi connectivity index (χ1n) is 7.96. The Kier molecular flexibility index (Phi) is 5.61. The molecule has 2 heteroatoms. The van der Waals surface area contributed by atoms with Gasteiger partial charge in [0, 0.05) is 6.04 Å². The summed E-state index contributed by atoms with van der Waals surface area (Å²) < 4.78 is 0. The maximum absolute atomic E-state index is 9.06. The topological polar surface area (TPSA) is 49.8 Å². The fraction of sp³-hybridized carbons (Fsp3) is 0.611. The number of hydrogen-bond donors (Lipinski definition) is 1. The van der Waals surface area contributed by atoms with Crippen LogP contribution in [0, 0.1) is 17.2 Å². The van der Waals surface area contributed by atoms with Crippen molar-refractivity contribution in [1.29, 1.82) is 5.26 Å². The molecule has 1 aromatic carbocycles. The summed E-state index contributed by atoms with van der Waals surface area (Å²) in [6.07, 6.45) is 9.39. The van der Waals surface area contributed by atoms with E-state index in [1.807, 2.05) is 18.2 Å². The van der Waals surface area contributed by atoms with Gasteiger partial charge in [0.1, 0.15) is 0 Å². The predicted octanol–water partition coefficient (Wildman–Crippen LogP) is 4.35. The van der Waals surface area contributed by atoms with Crippen LogP contribution in [0.1, 0.15) is 68.9 Å². The lowest BCUT2D eigenvalue weighted by Crippen LogP contribution is -2.26. The van der Waals surface area contributed by atoms with Crippen LogP contribution in [0.25, 0.3) is 0 Å². The molecule has 0 bridgehead atoms. The van der Waals surface area contributed by atoms with Crippen molar-refractivity contribution >= 4 is 0 Å². The molecule has 0 heterocycles. The van der Waals surface area contributed by atoms with Crippen LogP contribution in [0.15, 0.2) is 24.3 Å². The van der Waals surface area contributed by atoms with Crippen LogP contribution >= 0.6 is 0 Å². The lowest BCUT2D eigenvalue weighted by atomic mass is 9.81. The molecule has 0 saturated heterocycles. The van der Waals surface area contributed by atoms with E-state index in [0.717, 1.165) is 11.5 Å². The Hall–Kier alpha value is -1.33. The Balaban J connectivity index is 2.11. The molecule has 20 heavy (non-hydrogen) atoms. The van der Waals surface area contributed by atoms with E-state index in [1.165, 1.54) is 50.5 Å². The van der Waals surface area contributed by atoms with E-state index in [1.54, 1.807) is 0 Å². The van der Waals surface area contributed by atoms with E-state index in [2.05, 4.69) is 19.1 Å². The van der Waals surface area contributed by atoms with Gasteiger partial charge in [-0.3, -0.25) is 0 Å². The molecule has 1 aliphatic carbocycles. The van der Waals surface area contributed by atoms with Crippen molar-refractivity contribution in [3.8, 4) is 6.07 Å². The zero-order valence-corrected chi connectivity index (χ0v) is 12.5. The van der Waals surface area contributed by atoms with Gasteiger partial charge in [-0.15, -0.1) is 0 Å². The van der Waals surface area contributed by atoms with Gasteiger partial charge < -0.3 is 5.73 Å². The molecule has 2 unspecified atom stereocenters. The van der Waals surface area contributed by atoms with Crippen molar-refractivity contribution in [3.05, 3.63) is 35.4 Å². The molecule has 0 amide bonds. The Labute approximate surface area is 123 Å². The van der Waals surface area contributed by atoms with Gasteiger partial charge in [-0.2, -0.15) is 5.26 Å². The first-order chi connectivity index (χ1) is 9.70. The fourth-order valence-electron chi connectivity index (χ4n) is 3.45. The number of benzene rings is 1. The van der Waals surface area contributed by atoms with Crippen molar-refractivity contribution in [2.24, 2.45) is 11.7 Å². The molecule has 2 N–H and O–H groups in total. The van der Waals surface area contributed by atoms with Crippen molar-refractivity contribution in [2.45, 2.75) is 63.8 Å². The van der Waals surface area contributed by atoms with Gasteiger partial charge in [0.05, 0.1) is 11.6 Å². The number of nitriles is 1. The second kappa shape index (κ2) is 7.45. The van der Waals surface area contributed by atoms with Gasteiger partial charge in [-0.25, -0.2) is 0 Å². The second-order valence-electron chi connectivity index (χ2n) is 6.30. The van der Waals surface area contributed by atoms with E-state index in [4.69, 9.17) is 11.0 Å². The van der Waals surface area contributed by atoms with Crippen LogP contribution in [-0.2, 0) is 0 Å². The molecule has 1 aliphatic rings. The quantitative estimate of drug-likeness (QED) is 0.827. The highest BCUT2D eigenvalue weighted by atomic mass is 14.6. The zero-order chi connectivity index (χ0) is 14.4. The van der Waals surface area contributed by atoms with E-state index in [0.29, 0.717) is 5.92 Å². The predicted molar refractivity (Wildman–Crippen MR) is 83.4 cm³/mol. The first-order valence-corrected chi connectivity index (χ1v) is 7.96. The summed E-state index contributed by atoms with van der Waals surface area (Å²) in [5.41, 5.74) is 8.22. The number of hydrogen-bond acceptors (Lipinski definition) is 2. The number of nitrogens with zero attached hydrogens (tertiary/aromatic N) is 1. The monoisotopic (exact) mass is 270 g/mol. The van der Waals surface area contributed by atoms with Gasteiger partial charge in [-0.05, 0) is 42.9 Å². The highest BCUT2D eigenvalue weighted by Gasteiger charge is 2.22. The van der Waals surface area contributed by atoms with Crippen LogP contribution < -0.4 is 5.73 Å². The van der Waals surface area contributed by atoms with Crippen LogP contribution in [0.4, 0.5) is 0 Å². The molecule has 0 radical (unpaired) electrons. The second-order valence-corrected chi connectivity index (χ2v) is 6.30. The summed E-state index contributed by atoms with van der Waals surface area (Å²) in [6, 6.07) is 10.4. The molecule has 2 rings (SSSR count). The minimum atomic E-state index is 0.146. The third-order valence-electron chi connectivity index (χ3n) is 4.64. The SMILES string of the molecule is CC(N)C(CC1CCCCCC1)c1cccc(C#N)c1. The Bertz CT molecular complexity index is 451. The summed E-state index contributed by atoms with van der Waals surface area (Å²) in [7, 11) is 0. The van der Waals surface area contributed by atoms with Crippen LogP contribution in [0.3, 0.4) is 0 Å². The average molecular weight is 270 g/mol. The smallest absolute Gasteiger partial charge is 0.0991 e. The summed E-state index contributed by atoms with van der Waals surface area (Å²) >= 11 is 0. The highest BCUT2D eigenvalue weighted by molar-refractivity contribution is 5.35. The third-order valence-corrected chi connectivity index (χ3v) is 4.64. The third kappa shape index (κ3) is 4.08. The summed E-state index contributed by atoms with van der Waals surface area (Å²) in [4.78, 5) is 0. The van der Waals surface area contributed by atoms with Gasteiger partial charge in [0.15, 0.2) is 0 Å². The van der Waals surface area contributed by atoms with Crippen molar-refractivity contribution in [1.82, 2.24) is 0 Å². The first kappa shape index (κ1) is 15.1. The molecule has 2 atom stereocenters. The normalized spacial score (nSPS) is 19.9.